The summed E-state index contributed by atoms with van der Waals surface area (Å²) in [4.78, 5) is 7.71. The SMILES string of the molecule is Cc1cnc(CS(=O)O)nc1. The molecule has 0 bridgehead atoms. The van der Waals surface area contributed by atoms with Crippen molar-refractivity contribution < 1.29 is 8.76 Å². The summed E-state index contributed by atoms with van der Waals surface area (Å²) in [7, 11) is 0. The van der Waals surface area contributed by atoms with Gasteiger partial charge in [-0.25, -0.2) is 14.2 Å². The minimum absolute atomic E-state index is 0.000278. The van der Waals surface area contributed by atoms with Gasteiger partial charge in [-0.15, -0.1) is 0 Å². The lowest BCUT2D eigenvalue weighted by Gasteiger charge is -1.94. The van der Waals surface area contributed by atoms with Gasteiger partial charge in [-0.05, 0) is 12.5 Å². The first-order valence-electron chi connectivity index (χ1n) is 3.03. The fourth-order valence-electron chi connectivity index (χ4n) is 0.604. The van der Waals surface area contributed by atoms with Crippen molar-refractivity contribution >= 4 is 11.1 Å². The van der Waals surface area contributed by atoms with Crippen LogP contribution in [-0.2, 0) is 16.8 Å². The zero-order valence-electron chi connectivity index (χ0n) is 6.02. The van der Waals surface area contributed by atoms with Gasteiger partial charge in [0.25, 0.3) is 0 Å². The van der Waals surface area contributed by atoms with Crippen molar-refractivity contribution in [3.05, 3.63) is 23.8 Å². The first-order valence-corrected chi connectivity index (χ1v) is 4.31. The maximum atomic E-state index is 10.3. The van der Waals surface area contributed by atoms with E-state index in [9.17, 15) is 4.21 Å². The number of aromatic nitrogens is 2. The van der Waals surface area contributed by atoms with E-state index in [-0.39, 0.29) is 5.75 Å². The predicted molar refractivity (Wildman–Crippen MR) is 41.2 cm³/mol. The summed E-state index contributed by atoms with van der Waals surface area (Å²) in [6, 6.07) is 0. The van der Waals surface area contributed by atoms with E-state index in [1.165, 1.54) is 0 Å². The second-order valence-corrected chi connectivity index (χ2v) is 3.07. The van der Waals surface area contributed by atoms with Gasteiger partial charge in [-0.3, -0.25) is 0 Å². The van der Waals surface area contributed by atoms with Crippen molar-refractivity contribution in [2.24, 2.45) is 0 Å². The minimum atomic E-state index is -1.85. The average molecular weight is 172 g/mol. The topological polar surface area (TPSA) is 63.1 Å². The second kappa shape index (κ2) is 3.54. The van der Waals surface area contributed by atoms with Crippen LogP contribution in [0.1, 0.15) is 11.4 Å². The third-order valence-electron chi connectivity index (χ3n) is 1.09. The Balaban J connectivity index is 2.74. The molecule has 0 aliphatic heterocycles. The molecule has 0 radical (unpaired) electrons. The molecule has 0 amide bonds. The quantitative estimate of drug-likeness (QED) is 0.660. The molecular formula is C6H8N2O2S. The molecule has 1 rings (SSSR count). The van der Waals surface area contributed by atoms with Crippen LogP contribution in [0, 0.1) is 6.92 Å². The standard InChI is InChI=1S/C6H8N2O2S/c1-5-2-7-6(8-3-5)4-11(9)10/h2-3H,4H2,1H3,(H,9,10). The Morgan fingerprint density at radius 1 is 1.55 bits per heavy atom. The van der Waals surface area contributed by atoms with Crippen LogP contribution in [-0.4, -0.2) is 18.7 Å². The lowest BCUT2D eigenvalue weighted by molar-refractivity contribution is 0.562. The van der Waals surface area contributed by atoms with Crippen LogP contribution < -0.4 is 0 Å². The van der Waals surface area contributed by atoms with Crippen molar-refractivity contribution in [1.29, 1.82) is 0 Å². The molecule has 1 unspecified atom stereocenters. The van der Waals surface area contributed by atoms with Crippen molar-refractivity contribution in [2.75, 3.05) is 0 Å². The number of rotatable bonds is 2. The van der Waals surface area contributed by atoms with Crippen molar-refractivity contribution in [1.82, 2.24) is 9.97 Å². The summed E-state index contributed by atoms with van der Waals surface area (Å²) in [6.45, 7) is 1.86. The smallest absolute Gasteiger partial charge is 0.160 e. The fourth-order valence-corrected chi connectivity index (χ4v) is 0.974. The van der Waals surface area contributed by atoms with Crippen molar-refractivity contribution in [3.63, 3.8) is 0 Å². The highest BCUT2D eigenvalue weighted by Crippen LogP contribution is 1.95. The highest BCUT2D eigenvalue weighted by Gasteiger charge is 1.98. The summed E-state index contributed by atoms with van der Waals surface area (Å²) in [5, 5.41) is 0. The van der Waals surface area contributed by atoms with Gasteiger partial charge in [0, 0.05) is 12.4 Å². The first-order chi connectivity index (χ1) is 5.18. The van der Waals surface area contributed by atoms with Gasteiger partial charge in [-0.2, -0.15) is 0 Å². The molecule has 1 atom stereocenters. The normalized spacial score (nSPS) is 12.9. The van der Waals surface area contributed by atoms with Crippen molar-refractivity contribution in [3.8, 4) is 0 Å². The Morgan fingerprint density at radius 3 is 2.55 bits per heavy atom. The molecule has 0 spiro atoms. The molecule has 1 aromatic heterocycles. The molecule has 0 aliphatic carbocycles. The third-order valence-corrected chi connectivity index (χ3v) is 1.59. The van der Waals surface area contributed by atoms with Gasteiger partial charge in [0.15, 0.2) is 11.1 Å². The van der Waals surface area contributed by atoms with Crippen LogP contribution >= 0.6 is 0 Å². The number of hydrogen-bond donors (Lipinski definition) is 1. The molecule has 0 saturated heterocycles. The second-order valence-electron chi connectivity index (χ2n) is 2.14. The van der Waals surface area contributed by atoms with E-state index >= 15 is 0 Å². The number of nitrogens with zero attached hydrogens (tertiary/aromatic N) is 2. The largest absolute Gasteiger partial charge is 0.306 e. The lowest BCUT2D eigenvalue weighted by atomic mass is 10.4. The monoisotopic (exact) mass is 172 g/mol. The van der Waals surface area contributed by atoms with E-state index in [0.717, 1.165) is 5.56 Å². The molecule has 60 valence electrons. The Labute approximate surface area is 67.0 Å². The van der Waals surface area contributed by atoms with Crippen LogP contribution in [0.25, 0.3) is 0 Å². The van der Waals surface area contributed by atoms with Crippen LogP contribution in [0.3, 0.4) is 0 Å². The molecule has 11 heavy (non-hydrogen) atoms. The summed E-state index contributed by atoms with van der Waals surface area (Å²) in [5.74, 6) is 0.400. The molecule has 0 aliphatic rings. The average Bonchev–Trinajstić information content (AvgIpc) is 1.93. The maximum absolute atomic E-state index is 10.3. The maximum Gasteiger partial charge on any atom is 0.160 e. The van der Waals surface area contributed by atoms with E-state index in [0.29, 0.717) is 5.82 Å². The Kier molecular flexibility index (Phi) is 2.67. The van der Waals surface area contributed by atoms with Crippen molar-refractivity contribution in [2.45, 2.75) is 12.7 Å². The van der Waals surface area contributed by atoms with E-state index in [1.807, 2.05) is 6.92 Å². The Bertz CT molecular complexity index is 260. The highest BCUT2D eigenvalue weighted by molar-refractivity contribution is 7.78. The Morgan fingerprint density at radius 2 is 2.09 bits per heavy atom. The fraction of sp³-hybridized carbons (Fsp3) is 0.333. The van der Waals surface area contributed by atoms with Crippen LogP contribution in [0.2, 0.25) is 0 Å². The van der Waals surface area contributed by atoms with Gasteiger partial charge in [-0.1, -0.05) is 0 Å². The lowest BCUT2D eigenvalue weighted by Crippen LogP contribution is -1.99. The number of aryl methyl sites for hydroxylation is 1. The zero-order valence-corrected chi connectivity index (χ0v) is 6.84. The van der Waals surface area contributed by atoms with E-state index < -0.39 is 11.1 Å². The molecule has 0 saturated carbocycles. The van der Waals surface area contributed by atoms with Gasteiger partial charge >= 0.3 is 0 Å². The third kappa shape index (κ3) is 2.73. The molecule has 1 N–H and O–H groups in total. The molecule has 1 heterocycles. The molecule has 1 aromatic rings. The summed E-state index contributed by atoms with van der Waals surface area (Å²) < 4.78 is 18.8. The van der Waals surface area contributed by atoms with Gasteiger partial charge < -0.3 is 4.55 Å². The van der Waals surface area contributed by atoms with Gasteiger partial charge in [0.1, 0.15) is 11.6 Å². The van der Waals surface area contributed by atoms with Crippen LogP contribution in [0.15, 0.2) is 12.4 Å². The van der Waals surface area contributed by atoms with Gasteiger partial charge in [0.05, 0.1) is 0 Å². The summed E-state index contributed by atoms with van der Waals surface area (Å²) >= 11 is -1.85. The Hall–Kier alpha value is -0.810. The molecule has 5 heteroatoms. The predicted octanol–water partition coefficient (Wildman–Crippen LogP) is 0.507. The molecule has 4 nitrogen and oxygen atoms in total. The summed E-state index contributed by atoms with van der Waals surface area (Å²) in [6.07, 6.45) is 3.24. The first kappa shape index (κ1) is 8.29. The zero-order chi connectivity index (χ0) is 8.27. The molecule has 0 aromatic carbocycles. The van der Waals surface area contributed by atoms with Gasteiger partial charge in [0.2, 0.25) is 0 Å². The minimum Gasteiger partial charge on any atom is -0.306 e. The highest BCUT2D eigenvalue weighted by atomic mass is 32.2. The summed E-state index contributed by atoms with van der Waals surface area (Å²) in [5.41, 5.74) is 0.942. The molecule has 0 fully saturated rings. The van der Waals surface area contributed by atoms with E-state index in [2.05, 4.69) is 9.97 Å². The van der Waals surface area contributed by atoms with Crippen LogP contribution in [0.5, 0.6) is 0 Å². The molecular weight excluding hydrogens is 164 g/mol. The van der Waals surface area contributed by atoms with E-state index in [1.54, 1.807) is 12.4 Å². The van der Waals surface area contributed by atoms with Crippen LogP contribution in [0.4, 0.5) is 0 Å². The number of hydrogen-bond acceptors (Lipinski definition) is 3. The van der Waals surface area contributed by atoms with E-state index in [4.69, 9.17) is 4.55 Å².